The molecule has 9 nitrogen and oxygen atoms in total. The van der Waals surface area contributed by atoms with E-state index < -0.39 is 32.1 Å². The van der Waals surface area contributed by atoms with Crippen molar-refractivity contribution in [3.63, 3.8) is 0 Å². The number of aryl methyl sites for hydroxylation is 1. The van der Waals surface area contributed by atoms with Gasteiger partial charge in [-0.05, 0) is 66.6 Å². The molecule has 1 atom stereocenters. The van der Waals surface area contributed by atoms with Crippen molar-refractivity contribution in [2.75, 3.05) is 20.9 Å². The summed E-state index contributed by atoms with van der Waals surface area (Å²) in [6, 6.07) is 28.1. The number of para-hydroxylation sites is 2. The lowest BCUT2D eigenvalue weighted by Gasteiger charge is -2.34. The molecule has 206 valence electrons. The minimum absolute atomic E-state index is 0.0213. The lowest BCUT2D eigenvalue weighted by Crippen LogP contribution is -2.49. The predicted octanol–water partition coefficient (Wildman–Crippen LogP) is 4.53. The molecule has 4 aromatic carbocycles. The van der Waals surface area contributed by atoms with E-state index in [2.05, 4.69) is 10.0 Å². The van der Waals surface area contributed by atoms with Crippen molar-refractivity contribution < 1.29 is 26.4 Å². The molecule has 0 radical (unpaired) electrons. The van der Waals surface area contributed by atoms with Crippen LogP contribution in [0.15, 0.2) is 108 Å². The highest BCUT2D eigenvalue weighted by Crippen LogP contribution is 2.36. The van der Waals surface area contributed by atoms with E-state index >= 15 is 0 Å². The summed E-state index contributed by atoms with van der Waals surface area (Å²) in [7, 11) is -7.68. The van der Waals surface area contributed by atoms with Gasteiger partial charge in [0, 0.05) is 11.4 Å². The second-order valence-corrected chi connectivity index (χ2v) is 12.9. The number of fused-ring (bicyclic) bond motifs is 1. The maximum Gasteiger partial charge on any atom is 0.267 e. The van der Waals surface area contributed by atoms with Gasteiger partial charge in [0.25, 0.3) is 15.9 Å². The monoisotopic (exact) mass is 577 g/mol. The Hall–Kier alpha value is -4.35. The molecule has 40 heavy (non-hydrogen) atoms. The average molecular weight is 578 g/mol. The summed E-state index contributed by atoms with van der Waals surface area (Å²) in [4.78, 5) is 13.2. The SMILES string of the molecule is Cc1cccc(NS(=O)(=O)c2ccc(NC(=O)[C@@H]3CN(S(=O)(=O)Cc4ccccc4)c4ccccc4O3)cc2)c1. The summed E-state index contributed by atoms with van der Waals surface area (Å²) in [5, 5.41) is 2.70. The normalized spacial score (nSPS) is 15.0. The second kappa shape index (κ2) is 11.0. The van der Waals surface area contributed by atoms with Crippen LogP contribution in [0.4, 0.5) is 17.1 Å². The molecular formula is C29H27N3O6S2. The Morgan fingerprint density at radius 1 is 0.850 bits per heavy atom. The first-order chi connectivity index (χ1) is 19.1. The fraction of sp³-hybridized carbons (Fsp3) is 0.138. The largest absolute Gasteiger partial charge is 0.476 e. The number of carbonyl (C=O) groups is 1. The number of benzene rings is 4. The molecule has 0 saturated heterocycles. The van der Waals surface area contributed by atoms with Gasteiger partial charge in [-0.3, -0.25) is 13.8 Å². The minimum Gasteiger partial charge on any atom is -0.476 e. The third-order valence-corrected chi connectivity index (χ3v) is 9.37. The molecule has 1 aliphatic rings. The van der Waals surface area contributed by atoms with Gasteiger partial charge in [-0.2, -0.15) is 0 Å². The average Bonchev–Trinajstić information content (AvgIpc) is 2.93. The minimum atomic E-state index is -3.84. The number of carbonyl (C=O) groups excluding carboxylic acids is 1. The molecule has 0 aliphatic carbocycles. The van der Waals surface area contributed by atoms with Crippen LogP contribution in [0, 0.1) is 6.92 Å². The molecule has 0 aromatic heterocycles. The fourth-order valence-corrected chi connectivity index (χ4v) is 6.96. The summed E-state index contributed by atoms with van der Waals surface area (Å²) >= 11 is 0. The van der Waals surface area contributed by atoms with Crippen LogP contribution in [-0.4, -0.2) is 35.4 Å². The van der Waals surface area contributed by atoms with E-state index in [1.54, 1.807) is 66.7 Å². The van der Waals surface area contributed by atoms with Gasteiger partial charge in [-0.15, -0.1) is 0 Å². The molecule has 0 bridgehead atoms. The van der Waals surface area contributed by atoms with Gasteiger partial charge in [0.2, 0.25) is 10.0 Å². The molecular weight excluding hydrogens is 550 g/mol. The lowest BCUT2D eigenvalue weighted by atomic mass is 10.2. The number of hydrogen-bond donors (Lipinski definition) is 2. The number of amides is 1. The molecule has 0 saturated carbocycles. The van der Waals surface area contributed by atoms with Crippen molar-refractivity contribution in [1.82, 2.24) is 0 Å². The maximum absolute atomic E-state index is 13.4. The highest BCUT2D eigenvalue weighted by atomic mass is 32.2. The number of rotatable bonds is 8. The Morgan fingerprint density at radius 3 is 2.27 bits per heavy atom. The van der Waals surface area contributed by atoms with Crippen LogP contribution >= 0.6 is 0 Å². The van der Waals surface area contributed by atoms with E-state index in [4.69, 9.17) is 4.74 Å². The first kappa shape index (κ1) is 27.2. The Bertz CT molecular complexity index is 1740. The summed E-state index contributed by atoms with van der Waals surface area (Å²) in [5.41, 5.74) is 2.68. The first-order valence-electron chi connectivity index (χ1n) is 12.4. The molecule has 5 rings (SSSR count). The van der Waals surface area contributed by atoms with E-state index in [0.717, 1.165) is 5.56 Å². The van der Waals surface area contributed by atoms with Gasteiger partial charge in [0.05, 0.1) is 22.9 Å². The van der Waals surface area contributed by atoms with Crippen molar-refractivity contribution in [3.8, 4) is 5.75 Å². The van der Waals surface area contributed by atoms with Crippen molar-refractivity contribution >= 4 is 43.0 Å². The number of nitrogens with zero attached hydrogens (tertiary/aromatic N) is 1. The summed E-state index contributed by atoms with van der Waals surface area (Å²) in [6.07, 6.45) is -1.13. The molecule has 11 heteroatoms. The van der Waals surface area contributed by atoms with Crippen LogP contribution in [0.25, 0.3) is 0 Å². The van der Waals surface area contributed by atoms with E-state index in [-0.39, 0.29) is 22.9 Å². The van der Waals surface area contributed by atoms with Crippen LogP contribution in [0.3, 0.4) is 0 Å². The van der Waals surface area contributed by atoms with Crippen molar-refractivity contribution in [2.24, 2.45) is 0 Å². The standard InChI is InChI=1S/C29H27N3O6S2/c1-21-8-7-11-24(18-21)31-40(36,37)25-16-14-23(15-17-25)30-29(33)28-19-32(26-12-5-6-13-27(26)38-28)39(34,35)20-22-9-3-2-4-10-22/h2-18,28,31H,19-20H2,1H3,(H,30,33)/t28-/m0/s1. The number of sulfonamides is 2. The van der Waals surface area contributed by atoms with E-state index in [0.29, 0.717) is 22.6 Å². The third-order valence-electron chi connectivity index (χ3n) is 6.26. The van der Waals surface area contributed by atoms with Crippen LogP contribution in [0.5, 0.6) is 5.75 Å². The van der Waals surface area contributed by atoms with Gasteiger partial charge >= 0.3 is 0 Å². The van der Waals surface area contributed by atoms with Crippen LogP contribution in [0.1, 0.15) is 11.1 Å². The zero-order valence-electron chi connectivity index (χ0n) is 21.5. The Morgan fingerprint density at radius 2 is 1.55 bits per heavy atom. The summed E-state index contributed by atoms with van der Waals surface area (Å²) in [6.45, 7) is 1.65. The zero-order chi connectivity index (χ0) is 28.3. The molecule has 0 spiro atoms. The zero-order valence-corrected chi connectivity index (χ0v) is 23.2. The van der Waals surface area contributed by atoms with Crippen molar-refractivity contribution in [2.45, 2.75) is 23.7 Å². The van der Waals surface area contributed by atoms with Gasteiger partial charge in [0.1, 0.15) is 5.75 Å². The Balaban J connectivity index is 1.31. The topological polar surface area (TPSA) is 122 Å². The predicted molar refractivity (Wildman–Crippen MR) is 154 cm³/mol. The number of ether oxygens (including phenoxy) is 1. The first-order valence-corrected chi connectivity index (χ1v) is 15.5. The van der Waals surface area contributed by atoms with Crippen molar-refractivity contribution in [3.05, 3.63) is 114 Å². The van der Waals surface area contributed by atoms with Gasteiger partial charge in [0.15, 0.2) is 6.10 Å². The van der Waals surface area contributed by atoms with Crippen molar-refractivity contribution in [1.29, 1.82) is 0 Å². The molecule has 1 amide bonds. The molecule has 1 heterocycles. The summed E-state index contributed by atoms with van der Waals surface area (Å²) in [5.74, 6) is -0.527. The summed E-state index contributed by atoms with van der Waals surface area (Å²) < 4.78 is 62.0. The smallest absolute Gasteiger partial charge is 0.267 e. The molecule has 0 unspecified atom stereocenters. The van der Waals surface area contributed by atoms with E-state index in [1.165, 1.54) is 28.6 Å². The molecule has 2 N–H and O–H groups in total. The van der Waals surface area contributed by atoms with Crippen LogP contribution < -0.4 is 19.1 Å². The molecule has 4 aromatic rings. The van der Waals surface area contributed by atoms with E-state index in [9.17, 15) is 21.6 Å². The lowest BCUT2D eigenvalue weighted by molar-refractivity contribution is -0.122. The number of nitrogens with one attached hydrogen (secondary N) is 2. The Labute approximate surface area is 233 Å². The van der Waals surface area contributed by atoms with Gasteiger partial charge in [-0.25, -0.2) is 16.8 Å². The molecule has 1 aliphatic heterocycles. The molecule has 0 fully saturated rings. The van der Waals surface area contributed by atoms with Gasteiger partial charge < -0.3 is 10.1 Å². The third kappa shape index (κ3) is 6.11. The second-order valence-electron chi connectivity index (χ2n) is 9.34. The maximum atomic E-state index is 13.4. The Kier molecular flexibility index (Phi) is 7.51. The fourth-order valence-electron chi connectivity index (χ4n) is 4.33. The van der Waals surface area contributed by atoms with E-state index in [1.807, 2.05) is 19.1 Å². The number of hydrogen-bond acceptors (Lipinski definition) is 6. The highest BCUT2D eigenvalue weighted by Gasteiger charge is 2.36. The van der Waals surface area contributed by atoms with Gasteiger partial charge in [-0.1, -0.05) is 54.6 Å². The quantitative estimate of drug-likeness (QED) is 0.317. The van der Waals surface area contributed by atoms with Crippen LogP contribution in [-0.2, 0) is 30.6 Å². The highest BCUT2D eigenvalue weighted by molar-refractivity contribution is 7.92. The van der Waals surface area contributed by atoms with Crippen LogP contribution in [0.2, 0.25) is 0 Å². The number of anilines is 3.